The van der Waals surface area contributed by atoms with Gasteiger partial charge in [-0.25, -0.2) is 0 Å². The van der Waals surface area contributed by atoms with Crippen LogP contribution in [-0.4, -0.2) is 49.1 Å². The minimum Gasteiger partial charge on any atom is -0.493 e. The van der Waals surface area contributed by atoms with Gasteiger partial charge in [0.15, 0.2) is 0 Å². The van der Waals surface area contributed by atoms with Crippen molar-refractivity contribution in [1.29, 1.82) is 0 Å². The number of carbonyl (C=O) groups excluding carboxylic acids is 2. The SMILES string of the molecule is O=C(Nc1ccccc1NCC(F)(F)F)C1CCN(C(=O)CCOc2ccccc2)CC1. The van der Waals surface area contributed by atoms with Gasteiger partial charge in [0.05, 0.1) is 24.4 Å². The summed E-state index contributed by atoms with van der Waals surface area (Å²) in [5, 5.41) is 5.03. The van der Waals surface area contributed by atoms with Crippen molar-refractivity contribution in [1.82, 2.24) is 4.90 Å². The summed E-state index contributed by atoms with van der Waals surface area (Å²) in [6.07, 6.45) is -3.11. The lowest BCUT2D eigenvalue weighted by atomic mass is 9.95. The van der Waals surface area contributed by atoms with Crippen LogP contribution in [0.25, 0.3) is 0 Å². The highest BCUT2D eigenvalue weighted by Gasteiger charge is 2.29. The van der Waals surface area contributed by atoms with Crippen molar-refractivity contribution >= 4 is 23.2 Å². The molecule has 9 heteroatoms. The topological polar surface area (TPSA) is 70.7 Å². The average Bonchev–Trinajstić information content (AvgIpc) is 2.78. The van der Waals surface area contributed by atoms with Crippen LogP contribution in [0.15, 0.2) is 54.6 Å². The third-order valence-electron chi connectivity index (χ3n) is 5.21. The molecule has 2 aromatic rings. The molecule has 3 rings (SSSR count). The molecule has 0 saturated carbocycles. The first kappa shape index (κ1) is 23.4. The Labute approximate surface area is 184 Å². The fraction of sp³-hybridized carbons (Fsp3) is 0.391. The Kier molecular flexibility index (Phi) is 7.97. The highest BCUT2D eigenvalue weighted by Crippen LogP contribution is 2.26. The van der Waals surface area contributed by atoms with Crippen LogP contribution >= 0.6 is 0 Å². The number of nitrogens with zero attached hydrogens (tertiary/aromatic N) is 1. The molecule has 1 fully saturated rings. The Morgan fingerprint density at radius 1 is 0.969 bits per heavy atom. The van der Waals surface area contributed by atoms with E-state index in [1.165, 1.54) is 6.07 Å². The summed E-state index contributed by atoms with van der Waals surface area (Å²) in [6, 6.07) is 15.5. The number of alkyl halides is 3. The lowest BCUT2D eigenvalue weighted by molar-refractivity contribution is -0.135. The number of hydrogen-bond donors (Lipinski definition) is 2. The second kappa shape index (κ2) is 10.9. The Morgan fingerprint density at radius 2 is 1.59 bits per heavy atom. The molecule has 2 N–H and O–H groups in total. The standard InChI is InChI=1S/C23H26F3N3O3/c24-23(25,26)16-27-19-8-4-5-9-20(19)28-22(31)17-10-13-29(14-11-17)21(30)12-15-32-18-6-2-1-3-7-18/h1-9,17,27H,10-16H2,(H,28,31). The molecule has 1 heterocycles. The van der Waals surface area contributed by atoms with Gasteiger partial charge in [-0.3, -0.25) is 9.59 Å². The second-order valence-corrected chi connectivity index (χ2v) is 7.57. The largest absolute Gasteiger partial charge is 0.493 e. The first-order valence-corrected chi connectivity index (χ1v) is 10.5. The minimum atomic E-state index is -4.36. The molecule has 2 amide bonds. The highest BCUT2D eigenvalue weighted by molar-refractivity contribution is 5.95. The van der Waals surface area contributed by atoms with Crippen LogP contribution in [0, 0.1) is 5.92 Å². The zero-order valence-electron chi connectivity index (χ0n) is 17.5. The zero-order chi connectivity index (χ0) is 23.0. The van der Waals surface area contributed by atoms with Gasteiger partial charge in [0.1, 0.15) is 12.3 Å². The van der Waals surface area contributed by atoms with Crippen molar-refractivity contribution in [3.05, 3.63) is 54.6 Å². The predicted molar refractivity (Wildman–Crippen MR) is 115 cm³/mol. The van der Waals surface area contributed by atoms with E-state index in [0.29, 0.717) is 37.4 Å². The normalized spacial score (nSPS) is 14.7. The van der Waals surface area contributed by atoms with Crippen molar-refractivity contribution in [2.75, 3.05) is 36.9 Å². The van der Waals surface area contributed by atoms with Crippen LogP contribution in [0.5, 0.6) is 5.75 Å². The van der Waals surface area contributed by atoms with E-state index in [1.54, 1.807) is 23.1 Å². The molecule has 6 nitrogen and oxygen atoms in total. The highest BCUT2D eigenvalue weighted by atomic mass is 19.4. The molecule has 2 aromatic carbocycles. The summed E-state index contributed by atoms with van der Waals surface area (Å²) in [7, 11) is 0. The third-order valence-corrected chi connectivity index (χ3v) is 5.21. The van der Waals surface area contributed by atoms with Gasteiger partial charge in [0, 0.05) is 19.0 Å². The number of piperidine rings is 1. The number of hydrogen-bond acceptors (Lipinski definition) is 4. The molecule has 0 unspecified atom stereocenters. The van der Waals surface area contributed by atoms with Gasteiger partial charge in [0.25, 0.3) is 0 Å². The molecule has 1 aliphatic rings. The van der Waals surface area contributed by atoms with Crippen molar-refractivity contribution in [3.63, 3.8) is 0 Å². The molecule has 0 atom stereocenters. The van der Waals surface area contributed by atoms with Crippen LogP contribution in [0.4, 0.5) is 24.5 Å². The number of amides is 2. The number of anilines is 2. The molecular formula is C23H26F3N3O3. The predicted octanol–water partition coefficient (Wildman–Crippen LogP) is 4.31. The summed E-state index contributed by atoms with van der Waals surface area (Å²) in [4.78, 5) is 26.8. The van der Waals surface area contributed by atoms with Gasteiger partial charge >= 0.3 is 6.18 Å². The van der Waals surface area contributed by atoms with Crippen molar-refractivity contribution < 1.29 is 27.5 Å². The molecule has 0 spiro atoms. The van der Waals surface area contributed by atoms with Gasteiger partial charge in [-0.1, -0.05) is 30.3 Å². The molecule has 0 aromatic heterocycles. The minimum absolute atomic E-state index is 0.0264. The number of benzene rings is 2. The third kappa shape index (κ3) is 7.18. The number of carbonyl (C=O) groups is 2. The maximum Gasteiger partial charge on any atom is 0.405 e. The quantitative estimate of drug-likeness (QED) is 0.630. The van der Waals surface area contributed by atoms with Crippen LogP contribution in [0.1, 0.15) is 19.3 Å². The van der Waals surface area contributed by atoms with Gasteiger partial charge in [-0.15, -0.1) is 0 Å². The van der Waals surface area contributed by atoms with Gasteiger partial charge in [0.2, 0.25) is 11.8 Å². The maximum absolute atomic E-state index is 12.6. The maximum atomic E-state index is 12.6. The van der Waals surface area contributed by atoms with Crippen LogP contribution < -0.4 is 15.4 Å². The van der Waals surface area contributed by atoms with E-state index in [2.05, 4.69) is 10.6 Å². The molecule has 0 bridgehead atoms. The summed E-state index contributed by atoms with van der Waals surface area (Å²) in [5.74, 6) is 0.114. The second-order valence-electron chi connectivity index (χ2n) is 7.57. The fourth-order valence-corrected chi connectivity index (χ4v) is 3.50. The fourth-order valence-electron chi connectivity index (χ4n) is 3.50. The summed E-state index contributed by atoms with van der Waals surface area (Å²) >= 11 is 0. The van der Waals surface area contributed by atoms with E-state index in [9.17, 15) is 22.8 Å². The summed E-state index contributed by atoms with van der Waals surface area (Å²) < 4.78 is 43.1. The Hall–Kier alpha value is -3.23. The van der Waals surface area contributed by atoms with Gasteiger partial charge in [-0.2, -0.15) is 13.2 Å². The number of nitrogens with one attached hydrogen (secondary N) is 2. The number of halogens is 3. The summed E-state index contributed by atoms with van der Waals surface area (Å²) in [6.45, 7) is 0.00575. The number of rotatable bonds is 8. The van der Waals surface area contributed by atoms with E-state index in [4.69, 9.17) is 4.74 Å². The summed E-state index contributed by atoms with van der Waals surface area (Å²) in [5.41, 5.74) is 0.516. The molecule has 1 aliphatic heterocycles. The van der Waals surface area contributed by atoms with E-state index in [-0.39, 0.29) is 36.4 Å². The lowest BCUT2D eigenvalue weighted by Gasteiger charge is -2.31. The monoisotopic (exact) mass is 449 g/mol. The van der Waals surface area contributed by atoms with Crippen LogP contribution in [0.3, 0.4) is 0 Å². The molecule has 0 aliphatic carbocycles. The first-order valence-electron chi connectivity index (χ1n) is 10.5. The lowest BCUT2D eigenvalue weighted by Crippen LogP contribution is -2.41. The molecule has 1 saturated heterocycles. The van der Waals surface area contributed by atoms with Crippen molar-refractivity contribution in [3.8, 4) is 5.75 Å². The Balaban J connectivity index is 1.44. The molecular weight excluding hydrogens is 423 g/mol. The van der Waals surface area contributed by atoms with Crippen molar-refractivity contribution in [2.45, 2.75) is 25.4 Å². The van der Waals surface area contributed by atoms with E-state index >= 15 is 0 Å². The number of para-hydroxylation sites is 3. The zero-order valence-corrected chi connectivity index (χ0v) is 17.5. The van der Waals surface area contributed by atoms with Crippen LogP contribution in [-0.2, 0) is 9.59 Å². The molecule has 0 radical (unpaired) electrons. The smallest absolute Gasteiger partial charge is 0.405 e. The van der Waals surface area contributed by atoms with Crippen LogP contribution in [0.2, 0.25) is 0 Å². The van der Waals surface area contributed by atoms with E-state index < -0.39 is 12.7 Å². The Morgan fingerprint density at radius 3 is 2.25 bits per heavy atom. The van der Waals surface area contributed by atoms with Gasteiger partial charge in [-0.05, 0) is 37.1 Å². The van der Waals surface area contributed by atoms with Gasteiger partial charge < -0.3 is 20.3 Å². The molecule has 32 heavy (non-hydrogen) atoms. The average molecular weight is 449 g/mol. The number of likely N-dealkylation sites (tertiary alicyclic amines) is 1. The first-order chi connectivity index (χ1) is 15.3. The Bertz CT molecular complexity index is 898. The number of ether oxygens (including phenoxy) is 1. The molecule has 172 valence electrons. The van der Waals surface area contributed by atoms with Crippen molar-refractivity contribution in [2.24, 2.45) is 5.92 Å². The van der Waals surface area contributed by atoms with E-state index in [1.807, 2.05) is 30.3 Å². The van der Waals surface area contributed by atoms with E-state index in [0.717, 1.165) is 0 Å².